The molecule has 0 unspecified atom stereocenters. The number of hydrogen-bond acceptors (Lipinski definition) is 4. The van der Waals surface area contributed by atoms with Gasteiger partial charge in [0, 0.05) is 10.8 Å². The molecule has 1 aliphatic heterocycles. The molecule has 1 aliphatic carbocycles. The molecule has 2 aliphatic rings. The Morgan fingerprint density at radius 1 is 1.24 bits per heavy atom. The Morgan fingerprint density at radius 2 is 1.88 bits per heavy atom. The molecule has 0 bridgehead atoms. The van der Waals surface area contributed by atoms with E-state index in [1.165, 1.54) is 0 Å². The van der Waals surface area contributed by atoms with Crippen molar-refractivity contribution in [2.75, 3.05) is 4.43 Å². The van der Waals surface area contributed by atoms with Crippen LogP contribution in [0.25, 0.3) is 0 Å². The lowest BCUT2D eigenvalue weighted by atomic mass is 10.0. The number of alkyl halides is 1. The summed E-state index contributed by atoms with van der Waals surface area (Å²) in [6, 6.07) is 0. The Bertz CT molecular complexity index is 386. The highest BCUT2D eigenvalue weighted by molar-refractivity contribution is 14.1. The number of halogens is 1. The van der Waals surface area contributed by atoms with Crippen molar-refractivity contribution >= 4 is 38.4 Å². The number of rotatable bonds is 3. The van der Waals surface area contributed by atoms with Gasteiger partial charge in [0.15, 0.2) is 15.1 Å². The minimum atomic E-state index is -3.33. The maximum atomic E-state index is 12.4. The molecule has 0 aromatic heterocycles. The lowest BCUT2D eigenvalue weighted by molar-refractivity contribution is -0.140. The van der Waals surface area contributed by atoms with Crippen molar-refractivity contribution in [2.45, 2.75) is 55.1 Å². The Hall–Kier alpha value is 0.150. The molecule has 0 spiro atoms. The molecule has 1 heterocycles. The van der Waals surface area contributed by atoms with Crippen molar-refractivity contribution < 1.29 is 17.9 Å². The zero-order valence-corrected chi connectivity index (χ0v) is 12.6. The van der Waals surface area contributed by atoms with Crippen LogP contribution in [0.3, 0.4) is 0 Å². The first kappa shape index (κ1) is 13.6. The fourth-order valence-electron chi connectivity index (χ4n) is 2.61. The van der Waals surface area contributed by atoms with Gasteiger partial charge in [-0.15, -0.1) is 0 Å². The number of carbonyl (C=O) groups is 1. The van der Waals surface area contributed by atoms with Crippen molar-refractivity contribution in [1.29, 1.82) is 0 Å². The van der Waals surface area contributed by atoms with Crippen LogP contribution in [0.1, 0.15) is 38.5 Å². The number of esters is 1. The van der Waals surface area contributed by atoms with Crippen molar-refractivity contribution in [3.8, 4) is 0 Å². The third-order valence-corrected chi connectivity index (χ3v) is 7.17. The van der Waals surface area contributed by atoms with E-state index in [0.717, 1.165) is 19.3 Å². The molecule has 0 radical (unpaired) electrons. The molecule has 98 valence electrons. The van der Waals surface area contributed by atoms with Crippen LogP contribution < -0.4 is 0 Å². The van der Waals surface area contributed by atoms with Crippen LogP contribution in [-0.2, 0) is 19.4 Å². The molecule has 0 aromatic carbocycles. The van der Waals surface area contributed by atoms with E-state index in [1.54, 1.807) is 0 Å². The first-order valence-electron chi connectivity index (χ1n) is 6.05. The molecule has 0 N–H and O–H groups in total. The predicted molar refractivity (Wildman–Crippen MR) is 73.0 cm³/mol. The SMILES string of the molecule is O=C1O[C@@H](CI)C[C@@H]1S(=O)(=O)C1CCCCC1. The standard InChI is InChI=1S/C11H17IO4S/c12-7-8-6-10(11(13)16-8)17(14,15)9-4-2-1-3-5-9/h8-10H,1-7H2/t8-,10+/m1/s1. The van der Waals surface area contributed by atoms with E-state index in [4.69, 9.17) is 4.74 Å². The van der Waals surface area contributed by atoms with Crippen molar-refractivity contribution in [3.63, 3.8) is 0 Å². The first-order valence-corrected chi connectivity index (χ1v) is 9.18. The zero-order chi connectivity index (χ0) is 12.5. The van der Waals surface area contributed by atoms with E-state index < -0.39 is 21.1 Å². The Kier molecular flexibility index (Phi) is 4.33. The third-order valence-electron chi connectivity index (χ3n) is 3.61. The summed E-state index contributed by atoms with van der Waals surface area (Å²) in [7, 11) is -3.33. The highest BCUT2D eigenvalue weighted by Crippen LogP contribution is 2.31. The van der Waals surface area contributed by atoms with Crippen molar-refractivity contribution in [2.24, 2.45) is 0 Å². The summed E-state index contributed by atoms with van der Waals surface area (Å²) < 4.78 is 30.5. The second-order valence-corrected chi connectivity index (χ2v) is 8.08. The zero-order valence-electron chi connectivity index (χ0n) is 9.60. The van der Waals surface area contributed by atoms with E-state index in [1.807, 2.05) is 0 Å². The van der Waals surface area contributed by atoms with Gasteiger partial charge in [-0.3, -0.25) is 4.79 Å². The predicted octanol–water partition coefficient (Wildman–Crippen LogP) is 1.85. The Morgan fingerprint density at radius 3 is 2.41 bits per heavy atom. The summed E-state index contributed by atoms with van der Waals surface area (Å²) >= 11 is 2.12. The third kappa shape index (κ3) is 2.77. The van der Waals surface area contributed by atoms with E-state index in [-0.39, 0.29) is 11.4 Å². The summed E-state index contributed by atoms with van der Waals surface area (Å²) in [6.45, 7) is 0. The minimum absolute atomic E-state index is 0.216. The van der Waals surface area contributed by atoms with E-state index >= 15 is 0 Å². The summed E-state index contributed by atoms with van der Waals surface area (Å²) in [5.41, 5.74) is 0. The first-order chi connectivity index (χ1) is 8.05. The van der Waals surface area contributed by atoms with E-state index in [9.17, 15) is 13.2 Å². The van der Waals surface area contributed by atoms with E-state index in [2.05, 4.69) is 22.6 Å². The number of carbonyl (C=O) groups excluding carboxylic acids is 1. The van der Waals surface area contributed by atoms with Crippen molar-refractivity contribution in [1.82, 2.24) is 0 Å². The Balaban J connectivity index is 2.12. The lowest BCUT2D eigenvalue weighted by Crippen LogP contribution is -2.36. The smallest absolute Gasteiger partial charge is 0.324 e. The summed E-state index contributed by atoms with van der Waals surface area (Å²) in [5.74, 6) is -0.530. The van der Waals surface area contributed by atoms with Gasteiger partial charge in [-0.2, -0.15) is 0 Å². The second-order valence-electron chi connectivity index (χ2n) is 4.79. The normalized spacial score (nSPS) is 31.5. The average molecular weight is 372 g/mol. The molecule has 17 heavy (non-hydrogen) atoms. The van der Waals surface area contributed by atoms with Gasteiger partial charge in [0.2, 0.25) is 0 Å². The average Bonchev–Trinajstić information content (AvgIpc) is 2.72. The van der Waals surface area contributed by atoms with Crippen LogP contribution in [0.2, 0.25) is 0 Å². The molecule has 2 atom stereocenters. The van der Waals surface area contributed by atoms with Gasteiger partial charge in [0.25, 0.3) is 0 Å². The van der Waals surface area contributed by atoms with Crippen LogP contribution >= 0.6 is 22.6 Å². The minimum Gasteiger partial charge on any atom is -0.461 e. The highest BCUT2D eigenvalue weighted by atomic mass is 127. The van der Waals surface area contributed by atoms with Gasteiger partial charge < -0.3 is 4.74 Å². The molecule has 0 aromatic rings. The maximum absolute atomic E-state index is 12.4. The maximum Gasteiger partial charge on any atom is 0.324 e. The van der Waals surface area contributed by atoms with Gasteiger partial charge in [0.05, 0.1) is 5.25 Å². The molecule has 0 amide bonds. The molecule has 2 rings (SSSR count). The van der Waals surface area contributed by atoms with Crippen LogP contribution in [0.5, 0.6) is 0 Å². The van der Waals surface area contributed by atoms with Crippen molar-refractivity contribution in [3.05, 3.63) is 0 Å². The van der Waals surface area contributed by atoms with Gasteiger partial charge in [-0.05, 0) is 12.8 Å². The van der Waals surface area contributed by atoms with Gasteiger partial charge >= 0.3 is 5.97 Å². The molecule has 2 fully saturated rings. The number of cyclic esters (lactones) is 1. The van der Waals surface area contributed by atoms with Crippen LogP contribution in [0.4, 0.5) is 0 Å². The largest absolute Gasteiger partial charge is 0.461 e. The van der Waals surface area contributed by atoms with Gasteiger partial charge in [-0.25, -0.2) is 8.42 Å². The number of hydrogen-bond donors (Lipinski definition) is 0. The molecular formula is C11H17IO4S. The van der Waals surface area contributed by atoms with Crippen LogP contribution in [0.15, 0.2) is 0 Å². The molecule has 4 nitrogen and oxygen atoms in total. The number of sulfone groups is 1. The number of ether oxygens (including phenoxy) is 1. The topological polar surface area (TPSA) is 60.4 Å². The van der Waals surface area contributed by atoms with Gasteiger partial charge in [0.1, 0.15) is 6.10 Å². The molecule has 6 heteroatoms. The quantitative estimate of drug-likeness (QED) is 0.431. The highest BCUT2D eigenvalue weighted by Gasteiger charge is 2.46. The van der Waals surface area contributed by atoms with E-state index in [0.29, 0.717) is 23.7 Å². The Labute approximate surface area is 116 Å². The summed E-state index contributed by atoms with van der Waals surface area (Å²) in [6.07, 6.45) is 4.58. The monoisotopic (exact) mass is 372 g/mol. The lowest BCUT2D eigenvalue weighted by Gasteiger charge is -2.23. The summed E-state index contributed by atoms with van der Waals surface area (Å²) in [5, 5.41) is -1.22. The second kappa shape index (κ2) is 5.42. The molecule has 1 saturated carbocycles. The van der Waals surface area contributed by atoms with Gasteiger partial charge in [-0.1, -0.05) is 41.9 Å². The van der Waals surface area contributed by atoms with Crippen LogP contribution in [-0.4, -0.2) is 35.4 Å². The molecule has 1 saturated heterocycles. The van der Waals surface area contributed by atoms with Crippen LogP contribution in [0, 0.1) is 0 Å². The summed E-state index contributed by atoms with van der Waals surface area (Å²) in [4.78, 5) is 11.6. The molecular weight excluding hydrogens is 355 g/mol. The fraction of sp³-hybridized carbons (Fsp3) is 0.909. The fourth-order valence-corrected chi connectivity index (χ4v) is 5.41.